The van der Waals surface area contributed by atoms with E-state index in [0.717, 1.165) is 5.56 Å². The average molecular weight is 195 g/mol. The molecule has 0 amide bonds. The van der Waals surface area contributed by atoms with Gasteiger partial charge in [-0.15, -0.1) is 0 Å². The molecular weight excluding hydrogens is 186 g/mol. The van der Waals surface area contributed by atoms with Crippen LogP contribution in [0.2, 0.25) is 0 Å². The lowest BCUT2D eigenvalue weighted by Gasteiger charge is -1.95. The van der Waals surface area contributed by atoms with Crippen LogP contribution in [-0.4, -0.2) is 16.4 Å². The van der Waals surface area contributed by atoms with Crippen LogP contribution in [0.1, 0.15) is 5.56 Å². The highest BCUT2D eigenvalue weighted by molar-refractivity contribution is 7.80. The Morgan fingerprint density at radius 2 is 2.08 bits per heavy atom. The summed E-state index contributed by atoms with van der Waals surface area (Å²) >= 11 is 4.54. The summed E-state index contributed by atoms with van der Waals surface area (Å²) < 4.78 is 0. The number of nitrogens with one attached hydrogen (secondary N) is 1. The van der Waals surface area contributed by atoms with Crippen LogP contribution in [0, 0.1) is 0 Å². The van der Waals surface area contributed by atoms with Gasteiger partial charge in [0.15, 0.2) is 5.11 Å². The van der Waals surface area contributed by atoms with Crippen molar-refractivity contribution < 1.29 is 5.11 Å². The minimum absolute atomic E-state index is 0.120. The first-order valence-electron chi connectivity index (χ1n) is 3.56. The van der Waals surface area contributed by atoms with E-state index >= 15 is 0 Å². The smallest absolute Gasteiger partial charge is 0.184 e. The van der Waals surface area contributed by atoms with Crippen molar-refractivity contribution in [3.63, 3.8) is 0 Å². The molecule has 0 fully saturated rings. The number of thiocarbonyl (C=S) groups is 1. The first kappa shape index (κ1) is 9.47. The Labute approximate surface area is 81.1 Å². The number of nitrogens with zero attached hydrogens (tertiary/aromatic N) is 1. The zero-order valence-corrected chi connectivity index (χ0v) is 7.58. The molecule has 1 aromatic rings. The highest BCUT2D eigenvalue weighted by Gasteiger charge is 1.88. The van der Waals surface area contributed by atoms with Crippen molar-refractivity contribution >= 4 is 23.5 Å². The highest BCUT2D eigenvalue weighted by atomic mass is 32.1. The molecule has 0 saturated heterocycles. The Kier molecular flexibility index (Phi) is 3.22. The lowest BCUT2D eigenvalue weighted by molar-refractivity contribution is 0.475. The maximum Gasteiger partial charge on any atom is 0.184 e. The molecule has 0 atom stereocenters. The van der Waals surface area contributed by atoms with Gasteiger partial charge < -0.3 is 10.8 Å². The molecule has 0 heterocycles. The summed E-state index contributed by atoms with van der Waals surface area (Å²) in [6, 6.07) is 6.59. The molecule has 5 heteroatoms. The summed E-state index contributed by atoms with van der Waals surface area (Å²) in [7, 11) is 0. The van der Waals surface area contributed by atoms with Crippen LogP contribution in [0.4, 0.5) is 0 Å². The molecule has 0 aromatic heterocycles. The van der Waals surface area contributed by atoms with Gasteiger partial charge in [-0.3, -0.25) is 5.43 Å². The molecule has 0 saturated carbocycles. The van der Waals surface area contributed by atoms with Crippen LogP contribution in [0.25, 0.3) is 0 Å². The molecule has 4 N–H and O–H groups in total. The zero-order valence-electron chi connectivity index (χ0n) is 6.77. The Hall–Kier alpha value is -1.62. The monoisotopic (exact) mass is 195 g/mol. The van der Waals surface area contributed by atoms with E-state index in [9.17, 15) is 0 Å². The lowest BCUT2D eigenvalue weighted by Crippen LogP contribution is -2.23. The lowest BCUT2D eigenvalue weighted by atomic mass is 10.2. The van der Waals surface area contributed by atoms with Gasteiger partial charge in [0.2, 0.25) is 0 Å². The third-order valence-corrected chi connectivity index (χ3v) is 1.37. The van der Waals surface area contributed by atoms with Crippen molar-refractivity contribution in [3.05, 3.63) is 29.8 Å². The number of hydrogen-bond donors (Lipinski definition) is 3. The number of hydrazone groups is 1. The summed E-state index contributed by atoms with van der Waals surface area (Å²) in [6.07, 6.45) is 1.55. The quantitative estimate of drug-likeness (QED) is 0.366. The maximum absolute atomic E-state index is 8.97. The minimum atomic E-state index is 0.120. The number of nitrogens with two attached hydrogens (primary N) is 1. The molecule has 0 aliphatic heterocycles. The van der Waals surface area contributed by atoms with E-state index in [2.05, 4.69) is 22.7 Å². The van der Waals surface area contributed by atoms with Crippen molar-refractivity contribution in [2.45, 2.75) is 0 Å². The van der Waals surface area contributed by atoms with Gasteiger partial charge in [-0.05, 0) is 42.0 Å². The fourth-order valence-electron chi connectivity index (χ4n) is 0.731. The normalized spacial score (nSPS) is 10.2. The predicted octanol–water partition coefficient (Wildman–Crippen LogP) is 0.559. The number of phenols is 1. The predicted molar refractivity (Wildman–Crippen MR) is 55.6 cm³/mol. The van der Waals surface area contributed by atoms with Crippen LogP contribution in [0.3, 0.4) is 0 Å². The summed E-state index contributed by atoms with van der Waals surface area (Å²) in [4.78, 5) is 0. The fourth-order valence-corrected chi connectivity index (χ4v) is 0.784. The van der Waals surface area contributed by atoms with Crippen molar-refractivity contribution in [1.82, 2.24) is 5.43 Å². The molecule has 4 nitrogen and oxygen atoms in total. The van der Waals surface area contributed by atoms with Crippen molar-refractivity contribution in [2.24, 2.45) is 10.8 Å². The third kappa shape index (κ3) is 3.53. The number of aromatic hydroxyl groups is 1. The van der Waals surface area contributed by atoms with Gasteiger partial charge >= 0.3 is 0 Å². The number of benzene rings is 1. The largest absolute Gasteiger partial charge is 0.508 e. The molecule has 0 bridgehead atoms. The number of phenolic OH excluding ortho intramolecular Hbond substituents is 1. The van der Waals surface area contributed by atoms with Crippen LogP contribution in [-0.2, 0) is 0 Å². The van der Waals surface area contributed by atoms with E-state index in [1.165, 1.54) is 0 Å². The van der Waals surface area contributed by atoms with Crippen LogP contribution >= 0.6 is 12.2 Å². The molecular formula is C8H9N3OS. The Balaban J connectivity index is 2.59. The molecule has 0 aliphatic rings. The van der Waals surface area contributed by atoms with Gasteiger partial charge in [0.25, 0.3) is 0 Å². The highest BCUT2D eigenvalue weighted by Crippen LogP contribution is 2.07. The Morgan fingerprint density at radius 3 is 2.62 bits per heavy atom. The van der Waals surface area contributed by atoms with Crippen molar-refractivity contribution in [1.29, 1.82) is 0 Å². The molecule has 68 valence electrons. The summed E-state index contributed by atoms with van der Waals surface area (Å²) in [5, 5.41) is 12.8. The summed E-state index contributed by atoms with van der Waals surface area (Å²) in [5.74, 6) is 0.222. The van der Waals surface area contributed by atoms with Gasteiger partial charge in [-0.25, -0.2) is 0 Å². The zero-order chi connectivity index (χ0) is 9.68. The fraction of sp³-hybridized carbons (Fsp3) is 0. The average Bonchev–Trinajstić information content (AvgIpc) is 2.08. The van der Waals surface area contributed by atoms with E-state index < -0.39 is 0 Å². The second kappa shape index (κ2) is 4.42. The first-order chi connectivity index (χ1) is 6.18. The molecule has 0 unspecified atom stereocenters. The van der Waals surface area contributed by atoms with Crippen LogP contribution in [0.5, 0.6) is 5.75 Å². The van der Waals surface area contributed by atoms with E-state index in [1.54, 1.807) is 30.5 Å². The Morgan fingerprint density at radius 1 is 1.46 bits per heavy atom. The van der Waals surface area contributed by atoms with Gasteiger partial charge in [-0.2, -0.15) is 5.10 Å². The molecule has 0 radical (unpaired) electrons. The number of hydrogen-bond acceptors (Lipinski definition) is 3. The van der Waals surface area contributed by atoms with E-state index in [1.807, 2.05) is 0 Å². The van der Waals surface area contributed by atoms with Gasteiger partial charge in [0.05, 0.1) is 6.21 Å². The third-order valence-electron chi connectivity index (χ3n) is 1.28. The van der Waals surface area contributed by atoms with E-state index in [0.29, 0.717) is 0 Å². The first-order valence-corrected chi connectivity index (χ1v) is 3.97. The summed E-state index contributed by atoms with van der Waals surface area (Å²) in [6.45, 7) is 0. The molecule has 1 aromatic carbocycles. The van der Waals surface area contributed by atoms with Crippen LogP contribution in [0.15, 0.2) is 29.4 Å². The van der Waals surface area contributed by atoms with E-state index in [-0.39, 0.29) is 10.9 Å². The molecule has 0 spiro atoms. The SMILES string of the molecule is NC(=S)N/N=C\c1ccc(O)cc1. The van der Waals surface area contributed by atoms with Crippen molar-refractivity contribution in [2.75, 3.05) is 0 Å². The topological polar surface area (TPSA) is 70.6 Å². The van der Waals surface area contributed by atoms with Crippen LogP contribution < -0.4 is 11.2 Å². The standard InChI is InChI=1S/C8H9N3OS/c9-8(13)11-10-5-6-1-3-7(12)4-2-6/h1-5,12H,(H3,9,11,13)/b10-5-. The van der Waals surface area contributed by atoms with Gasteiger partial charge in [0, 0.05) is 0 Å². The number of rotatable bonds is 2. The second-order valence-corrected chi connectivity index (χ2v) is 2.77. The molecule has 1 rings (SSSR count). The molecule has 13 heavy (non-hydrogen) atoms. The molecule has 0 aliphatic carbocycles. The Bertz CT molecular complexity index is 321. The van der Waals surface area contributed by atoms with Gasteiger partial charge in [0.1, 0.15) is 5.75 Å². The van der Waals surface area contributed by atoms with Gasteiger partial charge in [-0.1, -0.05) is 0 Å². The maximum atomic E-state index is 8.97. The second-order valence-electron chi connectivity index (χ2n) is 2.33. The minimum Gasteiger partial charge on any atom is -0.508 e. The van der Waals surface area contributed by atoms with Crippen molar-refractivity contribution in [3.8, 4) is 5.75 Å². The summed E-state index contributed by atoms with van der Waals surface area (Å²) in [5.41, 5.74) is 8.42. The van der Waals surface area contributed by atoms with E-state index in [4.69, 9.17) is 10.8 Å².